The molecule has 0 aliphatic carbocycles. The highest BCUT2D eigenvalue weighted by molar-refractivity contribution is 7.54. The van der Waals surface area contributed by atoms with E-state index in [4.69, 9.17) is 48.6 Å². The summed E-state index contributed by atoms with van der Waals surface area (Å²) in [5.41, 5.74) is 1.51. The van der Waals surface area contributed by atoms with Crippen LogP contribution in [0, 0.1) is 6.92 Å². The summed E-state index contributed by atoms with van der Waals surface area (Å²) in [7, 11) is -3.91. The predicted octanol–water partition coefficient (Wildman–Crippen LogP) is 7.47. The van der Waals surface area contributed by atoms with Crippen LogP contribution < -0.4 is 5.32 Å². The molecule has 1 atom stereocenters. The van der Waals surface area contributed by atoms with Crippen molar-refractivity contribution in [1.29, 1.82) is 0 Å². The van der Waals surface area contributed by atoms with Gasteiger partial charge in [-0.1, -0.05) is 46.9 Å². The number of carbonyl (C=O) groups excluding carboxylic acids is 1. The van der Waals surface area contributed by atoms with Gasteiger partial charge >= 0.3 is 13.7 Å². The topological polar surface area (TPSA) is 73.9 Å². The van der Waals surface area contributed by atoms with Crippen molar-refractivity contribution in [2.75, 3.05) is 18.5 Å². The maximum Gasteiger partial charge on any atom is 0.412 e. The van der Waals surface area contributed by atoms with Crippen molar-refractivity contribution < 1.29 is 23.1 Å². The molecular formula is C19H21Cl3NO5P. The number of aryl methyl sites for hydroxylation is 1. The molecule has 6 nitrogen and oxygen atoms in total. The standard InChI is InChI=1S/C19H21Cl3NO5P/c1-4-26-29(25,27-5-2)18(15-9-7-13(20)10-17(15)22)28-19(24)23-14-8-6-12(3)16(21)11-14/h6-11,18H,4-5H2,1-3H3,(H,23,24). The van der Waals surface area contributed by atoms with Crippen molar-refractivity contribution in [3.05, 3.63) is 62.6 Å². The van der Waals surface area contributed by atoms with Crippen LogP contribution in [-0.2, 0) is 18.3 Å². The molecule has 29 heavy (non-hydrogen) atoms. The molecule has 1 unspecified atom stereocenters. The normalized spacial score (nSPS) is 12.5. The number of nitrogens with one attached hydrogen (secondary N) is 1. The number of hydrogen-bond acceptors (Lipinski definition) is 5. The van der Waals surface area contributed by atoms with E-state index in [2.05, 4.69) is 5.32 Å². The average molecular weight is 481 g/mol. The smallest absolute Gasteiger partial charge is 0.412 e. The number of anilines is 1. The van der Waals surface area contributed by atoms with E-state index in [1.54, 1.807) is 38.1 Å². The zero-order valence-corrected chi connectivity index (χ0v) is 19.2. The van der Waals surface area contributed by atoms with Crippen molar-refractivity contribution in [2.45, 2.75) is 26.6 Å². The maximum absolute atomic E-state index is 13.4. The lowest BCUT2D eigenvalue weighted by atomic mass is 10.2. The lowest BCUT2D eigenvalue weighted by Crippen LogP contribution is -2.20. The van der Waals surface area contributed by atoms with E-state index in [1.165, 1.54) is 12.1 Å². The second-order valence-corrected chi connectivity index (χ2v) is 9.20. The maximum atomic E-state index is 13.4. The average Bonchev–Trinajstić information content (AvgIpc) is 2.64. The largest absolute Gasteiger partial charge is 0.428 e. The van der Waals surface area contributed by atoms with E-state index in [0.717, 1.165) is 5.56 Å². The fraction of sp³-hybridized carbons (Fsp3) is 0.316. The fourth-order valence-electron chi connectivity index (χ4n) is 2.45. The highest BCUT2D eigenvalue weighted by Gasteiger charge is 2.41. The first-order chi connectivity index (χ1) is 13.7. The Morgan fingerprint density at radius 1 is 1.03 bits per heavy atom. The summed E-state index contributed by atoms with van der Waals surface area (Å²) >= 11 is 18.3. The van der Waals surface area contributed by atoms with E-state index < -0.39 is 19.5 Å². The second-order valence-electron chi connectivity index (χ2n) is 5.89. The predicted molar refractivity (Wildman–Crippen MR) is 116 cm³/mol. The van der Waals surface area contributed by atoms with Crippen molar-refractivity contribution in [2.24, 2.45) is 0 Å². The summed E-state index contributed by atoms with van der Waals surface area (Å²) in [6, 6.07) is 9.49. The number of rotatable bonds is 8. The fourth-order valence-corrected chi connectivity index (χ4v) is 5.07. The summed E-state index contributed by atoms with van der Waals surface area (Å²) in [6.07, 6.45) is -0.874. The highest BCUT2D eigenvalue weighted by Crippen LogP contribution is 2.62. The highest BCUT2D eigenvalue weighted by atomic mass is 35.5. The first-order valence-electron chi connectivity index (χ1n) is 8.77. The number of carbonyl (C=O) groups is 1. The van der Waals surface area contributed by atoms with Gasteiger partial charge in [-0.05, 0) is 50.6 Å². The Hall–Kier alpha value is -1.27. The molecule has 0 saturated heterocycles. The third-order valence-electron chi connectivity index (χ3n) is 3.77. The third-order valence-corrected chi connectivity index (χ3v) is 6.93. The minimum absolute atomic E-state index is 0.0809. The van der Waals surface area contributed by atoms with Crippen molar-refractivity contribution in [3.63, 3.8) is 0 Å². The van der Waals surface area contributed by atoms with Gasteiger partial charge in [0.15, 0.2) is 0 Å². The van der Waals surface area contributed by atoms with Crippen LogP contribution in [0.1, 0.15) is 30.8 Å². The molecule has 0 fully saturated rings. The number of hydrogen-bond donors (Lipinski definition) is 1. The van der Waals surface area contributed by atoms with E-state index in [9.17, 15) is 9.36 Å². The molecule has 0 heterocycles. The van der Waals surface area contributed by atoms with Gasteiger partial charge in [0.05, 0.1) is 13.2 Å². The molecule has 0 bridgehead atoms. The number of amides is 1. The first-order valence-corrected chi connectivity index (χ1v) is 11.5. The van der Waals surface area contributed by atoms with E-state index in [0.29, 0.717) is 15.7 Å². The summed E-state index contributed by atoms with van der Waals surface area (Å²) in [4.78, 5) is 12.5. The molecule has 0 radical (unpaired) electrons. The summed E-state index contributed by atoms with van der Waals surface area (Å²) < 4.78 is 29.6. The molecule has 158 valence electrons. The number of benzene rings is 2. The summed E-state index contributed by atoms with van der Waals surface area (Å²) in [5, 5.41) is 3.57. The van der Waals surface area contributed by atoms with E-state index in [-0.39, 0.29) is 23.8 Å². The van der Waals surface area contributed by atoms with Crippen LogP contribution in [0.4, 0.5) is 10.5 Å². The lowest BCUT2D eigenvalue weighted by molar-refractivity contribution is 0.113. The lowest BCUT2D eigenvalue weighted by Gasteiger charge is -2.27. The van der Waals surface area contributed by atoms with Gasteiger partial charge in [-0.25, -0.2) is 4.79 Å². The van der Waals surface area contributed by atoms with Gasteiger partial charge in [-0.2, -0.15) is 0 Å². The zero-order chi connectivity index (χ0) is 21.6. The molecule has 2 rings (SSSR count). The Morgan fingerprint density at radius 2 is 1.69 bits per heavy atom. The molecule has 10 heteroatoms. The zero-order valence-electron chi connectivity index (χ0n) is 16.1. The third kappa shape index (κ3) is 6.35. The molecule has 0 saturated carbocycles. The van der Waals surface area contributed by atoms with Gasteiger partial charge in [-0.3, -0.25) is 9.88 Å². The molecule has 0 aliphatic heterocycles. The van der Waals surface area contributed by atoms with Gasteiger partial charge in [0.25, 0.3) is 0 Å². The minimum Gasteiger partial charge on any atom is -0.428 e. The molecule has 0 aromatic heterocycles. The van der Waals surface area contributed by atoms with Crippen LogP contribution in [0.15, 0.2) is 36.4 Å². The van der Waals surface area contributed by atoms with E-state index >= 15 is 0 Å². The van der Waals surface area contributed by atoms with Gasteiger partial charge in [-0.15, -0.1) is 0 Å². The van der Waals surface area contributed by atoms with Gasteiger partial charge < -0.3 is 13.8 Å². The van der Waals surface area contributed by atoms with Crippen LogP contribution >= 0.6 is 42.4 Å². The van der Waals surface area contributed by atoms with Crippen LogP contribution in [0.5, 0.6) is 0 Å². The Balaban J connectivity index is 2.37. The van der Waals surface area contributed by atoms with Crippen LogP contribution in [0.25, 0.3) is 0 Å². The summed E-state index contributed by atoms with van der Waals surface area (Å²) in [6.45, 7) is 5.31. The van der Waals surface area contributed by atoms with Crippen LogP contribution in [0.2, 0.25) is 15.1 Å². The second kappa shape index (κ2) is 10.7. The van der Waals surface area contributed by atoms with Gasteiger partial charge in [0.2, 0.25) is 5.85 Å². The molecule has 2 aromatic rings. The monoisotopic (exact) mass is 479 g/mol. The molecular weight excluding hydrogens is 460 g/mol. The van der Waals surface area contributed by atoms with E-state index in [1.807, 2.05) is 6.92 Å². The number of ether oxygens (including phenoxy) is 1. The van der Waals surface area contributed by atoms with Crippen LogP contribution in [-0.4, -0.2) is 19.3 Å². The van der Waals surface area contributed by atoms with Gasteiger partial charge in [0.1, 0.15) is 0 Å². The molecule has 0 spiro atoms. The Kier molecular flexibility index (Phi) is 8.83. The minimum atomic E-state index is -3.91. The van der Waals surface area contributed by atoms with Crippen molar-refractivity contribution >= 4 is 54.2 Å². The van der Waals surface area contributed by atoms with Crippen molar-refractivity contribution in [1.82, 2.24) is 0 Å². The van der Waals surface area contributed by atoms with Gasteiger partial charge in [0, 0.05) is 26.3 Å². The SMILES string of the molecule is CCOP(=O)(OCC)C(OC(=O)Nc1ccc(C)c(Cl)c1)c1ccc(Cl)cc1Cl. The molecule has 0 aliphatic rings. The molecule has 1 N–H and O–H groups in total. The quantitative estimate of drug-likeness (QED) is 0.397. The number of halogens is 3. The first kappa shape index (κ1) is 24.0. The Bertz CT molecular complexity index is 915. The Morgan fingerprint density at radius 3 is 2.24 bits per heavy atom. The van der Waals surface area contributed by atoms with Crippen molar-refractivity contribution in [3.8, 4) is 0 Å². The molecule has 2 aromatic carbocycles. The summed E-state index contributed by atoms with van der Waals surface area (Å²) in [5.74, 6) is -1.40. The van der Waals surface area contributed by atoms with Crippen LogP contribution in [0.3, 0.4) is 0 Å². The molecule has 1 amide bonds. The Labute approximate surface area is 184 Å².